The Kier molecular flexibility index (Phi) is 5.59. The van der Waals surface area contributed by atoms with Gasteiger partial charge < -0.3 is 5.32 Å². The Bertz CT molecular complexity index is 1140. The van der Waals surface area contributed by atoms with Crippen LogP contribution in [0, 0.1) is 5.82 Å². The quantitative estimate of drug-likeness (QED) is 0.464. The molecule has 0 fully saturated rings. The van der Waals surface area contributed by atoms with E-state index in [9.17, 15) is 9.18 Å². The van der Waals surface area contributed by atoms with E-state index in [4.69, 9.17) is 34.8 Å². The van der Waals surface area contributed by atoms with Crippen molar-refractivity contribution in [2.24, 2.45) is 4.99 Å². The molecular weight excluding hydrogens is 434 g/mol. The highest BCUT2D eigenvalue weighted by atomic mass is 35.5. The molecule has 0 spiro atoms. The molecule has 0 unspecified atom stereocenters. The van der Waals surface area contributed by atoms with Crippen molar-refractivity contribution in [1.29, 1.82) is 0 Å². The van der Waals surface area contributed by atoms with E-state index in [1.807, 2.05) is 0 Å². The summed E-state index contributed by atoms with van der Waals surface area (Å²) in [5.41, 5.74) is 3.33. The molecule has 146 valence electrons. The summed E-state index contributed by atoms with van der Waals surface area (Å²) in [7, 11) is 0. The van der Waals surface area contributed by atoms with Gasteiger partial charge in [-0.05, 0) is 47.5 Å². The minimum Gasteiger partial charge on any atom is -0.322 e. The number of carbonyl (C=O) groups is 1. The lowest BCUT2D eigenvalue weighted by Crippen LogP contribution is -2.14. The van der Waals surface area contributed by atoms with Gasteiger partial charge in [0.2, 0.25) is 0 Å². The van der Waals surface area contributed by atoms with E-state index in [1.54, 1.807) is 42.5 Å². The molecule has 0 saturated carbocycles. The summed E-state index contributed by atoms with van der Waals surface area (Å²) in [5.74, 6) is -1.18. The monoisotopic (exact) mass is 446 g/mol. The van der Waals surface area contributed by atoms with E-state index < -0.39 is 11.7 Å². The average molecular weight is 448 g/mol. The summed E-state index contributed by atoms with van der Waals surface area (Å²) in [6, 6.07) is 14.8. The van der Waals surface area contributed by atoms with Crippen LogP contribution in [0.2, 0.25) is 15.1 Å². The zero-order valence-electron chi connectivity index (χ0n) is 15.0. The van der Waals surface area contributed by atoms with E-state index in [0.717, 1.165) is 16.8 Å². The van der Waals surface area contributed by atoms with Gasteiger partial charge in [0.05, 0.1) is 11.3 Å². The lowest BCUT2D eigenvalue weighted by Gasteiger charge is -2.08. The molecule has 1 amide bonds. The Morgan fingerprint density at radius 1 is 1.03 bits per heavy atom. The van der Waals surface area contributed by atoms with Gasteiger partial charge in [0.1, 0.15) is 5.82 Å². The number of hydrogen-bond donors (Lipinski definition) is 1. The molecule has 1 heterocycles. The summed E-state index contributed by atoms with van der Waals surface area (Å²) in [4.78, 5) is 17.0. The molecule has 3 aromatic carbocycles. The lowest BCUT2D eigenvalue weighted by atomic mass is 10.0. The molecule has 1 aliphatic heterocycles. The third-order valence-electron chi connectivity index (χ3n) is 4.61. The van der Waals surface area contributed by atoms with Crippen LogP contribution < -0.4 is 5.32 Å². The van der Waals surface area contributed by atoms with Crippen LogP contribution in [0.3, 0.4) is 0 Å². The molecular formula is C22H14Cl3FN2O. The van der Waals surface area contributed by atoms with Gasteiger partial charge in [-0.15, -0.1) is 0 Å². The van der Waals surface area contributed by atoms with Gasteiger partial charge >= 0.3 is 0 Å². The van der Waals surface area contributed by atoms with Crippen molar-refractivity contribution in [1.82, 2.24) is 0 Å². The first-order valence-electron chi connectivity index (χ1n) is 8.79. The van der Waals surface area contributed by atoms with Gasteiger partial charge in [0.15, 0.2) is 0 Å². The molecule has 3 nitrogen and oxygen atoms in total. The number of halogens is 4. The number of nitrogens with zero attached hydrogens (tertiary/aromatic N) is 1. The maximum absolute atomic E-state index is 14.6. The topological polar surface area (TPSA) is 41.5 Å². The number of nitrogens with one attached hydrogen (secondary N) is 1. The average Bonchev–Trinajstić information content (AvgIpc) is 3.05. The highest BCUT2D eigenvalue weighted by Crippen LogP contribution is 2.33. The SMILES string of the molecule is O=C(Nc1cccc(Cl)c1)c1cc2c(cc1F)N=C(Cc1c(Cl)cccc1Cl)C2. The standard InChI is InChI=1S/C22H14Cl3FN2O/c23-13-3-1-4-14(9-13)28-22(29)17-8-12-7-15(27-21(12)11-20(17)26)10-16-18(24)5-2-6-19(16)25/h1-6,8-9,11H,7,10H2,(H,28,29). The van der Waals surface area contributed by atoms with Crippen molar-refractivity contribution in [3.05, 3.63) is 92.2 Å². The smallest absolute Gasteiger partial charge is 0.258 e. The number of benzene rings is 3. The number of fused-ring (bicyclic) bond motifs is 1. The van der Waals surface area contributed by atoms with Gasteiger partial charge in [0.25, 0.3) is 5.91 Å². The molecule has 0 radical (unpaired) electrons. The molecule has 0 atom stereocenters. The van der Waals surface area contributed by atoms with Crippen LogP contribution in [-0.2, 0) is 12.8 Å². The Morgan fingerprint density at radius 2 is 1.76 bits per heavy atom. The van der Waals surface area contributed by atoms with Crippen LogP contribution in [0.4, 0.5) is 15.8 Å². The van der Waals surface area contributed by atoms with Crippen LogP contribution in [0.5, 0.6) is 0 Å². The maximum Gasteiger partial charge on any atom is 0.258 e. The summed E-state index contributed by atoms with van der Waals surface area (Å²) in [5, 5.41) is 4.26. The van der Waals surface area contributed by atoms with E-state index in [1.165, 1.54) is 12.1 Å². The zero-order chi connectivity index (χ0) is 20.5. The molecule has 4 rings (SSSR count). The Labute approximate surface area is 182 Å². The molecule has 0 aromatic heterocycles. The number of hydrogen-bond acceptors (Lipinski definition) is 2. The van der Waals surface area contributed by atoms with Crippen molar-refractivity contribution < 1.29 is 9.18 Å². The maximum atomic E-state index is 14.6. The van der Waals surface area contributed by atoms with Crippen LogP contribution in [-0.4, -0.2) is 11.6 Å². The minimum atomic E-state index is -0.635. The molecule has 0 bridgehead atoms. The Morgan fingerprint density at radius 3 is 2.48 bits per heavy atom. The molecule has 3 aromatic rings. The van der Waals surface area contributed by atoms with Crippen molar-refractivity contribution >= 4 is 57.8 Å². The van der Waals surface area contributed by atoms with Crippen LogP contribution >= 0.6 is 34.8 Å². The number of amides is 1. The largest absolute Gasteiger partial charge is 0.322 e. The van der Waals surface area contributed by atoms with Crippen molar-refractivity contribution in [3.63, 3.8) is 0 Å². The first kappa shape index (κ1) is 19.9. The van der Waals surface area contributed by atoms with E-state index >= 15 is 0 Å². The van der Waals surface area contributed by atoms with E-state index in [0.29, 0.717) is 39.3 Å². The predicted octanol–water partition coefficient (Wildman–Crippen LogP) is 6.91. The molecule has 0 saturated heterocycles. The Balaban J connectivity index is 1.55. The van der Waals surface area contributed by atoms with Crippen molar-refractivity contribution in [2.45, 2.75) is 12.8 Å². The summed E-state index contributed by atoms with van der Waals surface area (Å²) < 4.78 is 14.6. The Hall–Kier alpha value is -2.40. The van der Waals surface area contributed by atoms with Crippen molar-refractivity contribution in [3.8, 4) is 0 Å². The third-order valence-corrected chi connectivity index (χ3v) is 5.55. The summed E-state index contributed by atoms with van der Waals surface area (Å²) in [6.45, 7) is 0. The van der Waals surface area contributed by atoms with E-state index in [2.05, 4.69) is 10.3 Å². The first-order chi connectivity index (χ1) is 13.9. The fourth-order valence-electron chi connectivity index (χ4n) is 3.23. The van der Waals surface area contributed by atoms with Gasteiger partial charge in [-0.3, -0.25) is 9.79 Å². The van der Waals surface area contributed by atoms with Crippen LogP contribution in [0.15, 0.2) is 59.6 Å². The molecule has 7 heteroatoms. The first-order valence-corrected chi connectivity index (χ1v) is 9.93. The predicted molar refractivity (Wildman–Crippen MR) is 117 cm³/mol. The molecule has 1 aliphatic rings. The summed E-state index contributed by atoms with van der Waals surface area (Å²) in [6.07, 6.45) is 0.952. The normalized spacial score (nSPS) is 12.5. The fraction of sp³-hybridized carbons (Fsp3) is 0.0909. The van der Waals surface area contributed by atoms with Gasteiger partial charge in [-0.1, -0.05) is 46.9 Å². The van der Waals surface area contributed by atoms with E-state index in [-0.39, 0.29) is 5.56 Å². The van der Waals surface area contributed by atoms with Crippen LogP contribution in [0.25, 0.3) is 0 Å². The highest BCUT2D eigenvalue weighted by Gasteiger charge is 2.22. The second kappa shape index (κ2) is 8.15. The lowest BCUT2D eigenvalue weighted by molar-refractivity contribution is 0.102. The third kappa shape index (κ3) is 4.30. The van der Waals surface area contributed by atoms with Gasteiger partial charge in [-0.2, -0.15) is 0 Å². The number of aliphatic imine (C=N–C) groups is 1. The minimum absolute atomic E-state index is 0.0454. The second-order valence-electron chi connectivity index (χ2n) is 6.66. The zero-order valence-corrected chi connectivity index (χ0v) is 17.2. The van der Waals surface area contributed by atoms with Crippen molar-refractivity contribution in [2.75, 3.05) is 5.32 Å². The highest BCUT2D eigenvalue weighted by molar-refractivity contribution is 6.36. The molecule has 1 N–H and O–H groups in total. The fourth-order valence-corrected chi connectivity index (χ4v) is 3.95. The number of anilines is 1. The van der Waals surface area contributed by atoms with Crippen LogP contribution in [0.1, 0.15) is 21.5 Å². The summed E-state index contributed by atoms with van der Waals surface area (Å²) >= 11 is 18.4. The second-order valence-corrected chi connectivity index (χ2v) is 7.91. The van der Waals surface area contributed by atoms with Gasteiger partial charge in [-0.25, -0.2) is 4.39 Å². The number of rotatable bonds is 4. The molecule has 0 aliphatic carbocycles. The molecule has 29 heavy (non-hydrogen) atoms. The number of carbonyl (C=O) groups excluding carboxylic acids is 1. The van der Waals surface area contributed by atoms with Gasteiger partial charge in [0, 0.05) is 45.4 Å².